The summed E-state index contributed by atoms with van der Waals surface area (Å²) in [6.07, 6.45) is 2.14. The summed E-state index contributed by atoms with van der Waals surface area (Å²) >= 11 is 1.55. The van der Waals surface area contributed by atoms with Crippen LogP contribution in [0.15, 0.2) is 90.0 Å². The third kappa shape index (κ3) is 4.69. The second kappa shape index (κ2) is 9.55. The van der Waals surface area contributed by atoms with E-state index in [1.807, 2.05) is 43.3 Å². The van der Waals surface area contributed by atoms with E-state index in [2.05, 4.69) is 58.5 Å². The molecule has 4 rings (SSSR count). The molecule has 5 heteroatoms. The third-order valence-corrected chi connectivity index (χ3v) is 5.81. The molecular formula is C25H24N2O2S. The van der Waals surface area contributed by atoms with E-state index in [0.717, 1.165) is 11.4 Å². The van der Waals surface area contributed by atoms with Crippen molar-refractivity contribution in [2.75, 3.05) is 17.7 Å². The van der Waals surface area contributed by atoms with E-state index in [1.54, 1.807) is 11.8 Å². The molecule has 1 N–H and O–H groups in total. The Morgan fingerprint density at radius 2 is 1.70 bits per heavy atom. The van der Waals surface area contributed by atoms with Crippen LogP contribution in [0.4, 0.5) is 5.69 Å². The number of ether oxygens (including phenoxy) is 1. The zero-order chi connectivity index (χ0) is 20.8. The molecule has 1 amide bonds. The minimum atomic E-state index is -0.0490. The van der Waals surface area contributed by atoms with Gasteiger partial charge in [-0.25, -0.2) is 0 Å². The number of hydrogen-bond acceptors (Lipinski definition) is 3. The van der Waals surface area contributed by atoms with Gasteiger partial charge in [-0.2, -0.15) is 0 Å². The van der Waals surface area contributed by atoms with Gasteiger partial charge in [-0.1, -0.05) is 60.7 Å². The van der Waals surface area contributed by atoms with Crippen LogP contribution >= 0.6 is 11.8 Å². The predicted octanol–water partition coefficient (Wildman–Crippen LogP) is 5.82. The van der Waals surface area contributed by atoms with Gasteiger partial charge in [0.05, 0.1) is 18.0 Å². The summed E-state index contributed by atoms with van der Waals surface area (Å²) in [5, 5.41) is 4.14. The molecule has 0 bridgehead atoms. The number of nitrogens with zero attached hydrogens (tertiary/aromatic N) is 1. The fourth-order valence-electron chi connectivity index (χ4n) is 3.42. The number of carbonyl (C=O) groups is 1. The Bertz CT molecular complexity index is 1140. The maximum atomic E-state index is 12.6. The van der Waals surface area contributed by atoms with E-state index >= 15 is 0 Å². The highest BCUT2D eigenvalue weighted by atomic mass is 32.2. The molecule has 4 nitrogen and oxygen atoms in total. The first-order valence-electron chi connectivity index (χ1n) is 10.0. The lowest BCUT2D eigenvalue weighted by Crippen LogP contribution is -2.14. The summed E-state index contributed by atoms with van der Waals surface area (Å²) < 4.78 is 7.84. The minimum absolute atomic E-state index is 0.0490. The van der Waals surface area contributed by atoms with E-state index in [4.69, 9.17) is 4.74 Å². The van der Waals surface area contributed by atoms with Gasteiger partial charge in [0, 0.05) is 28.5 Å². The topological polar surface area (TPSA) is 43.3 Å². The molecule has 0 atom stereocenters. The number of rotatable bonds is 8. The second-order valence-electron chi connectivity index (χ2n) is 6.89. The van der Waals surface area contributed by atoms with Crippen molar-refractivity contribution in [1.82, 2.24) is 4.57 Å². The molecule has 4 aromatic rings. The summed E-state index contributed by atoms with van der Waals surface area (Å²) in [7, 11) is 0. The largest absolute Gasteiger partial charge is 0.492 e. The molecule has 30 heavy (non-hydrogen) atoms. The number of fused-ring (bicyclic) bond motifs is 1. The van der Waals surface area contributed by atoms with Crippen LogP contribution < -0.4 is 10.1 Å². The molecule has 3 aromatic carbocycles. The zero-order valence-corrected chi connectivity index (χ0v) is 17.7. The van der Waals surface area contributed by atoms with E-state index in [0.29, 0.717) is 23.8 Å². The van der Waals surface area contributed by atoms with Gasteiger partial charge in [0.25, 0.3) is 0 Å². The standard InChI is InChI=1S/C25H24N2O2S/c1-2-29-23-15-9-7-13-21(23)26-25(28)18-30-24-17-27(16-19-10-4-3-5-11-19)22-14-8-6-12-20(22)24/h3-15,17H,2,16,18H2,1H3,(H,26,28). The van der Waals surface area contributed by atoms with Crippen molar-refractivity contribution in [3.8, 4) is 5.75 Å². The summed E-state index contributed by atoms with van der Waals surface area (Å²) in [6.45, 7) is 3.29. The number of anilines is 1. The maximum absolute atomic E-state index is 12.6. The number of thioether (sulfide) groups is 1. The van der Waals surface area contributed by atoms with E-state index < -0.39 is 0 Å². The van der Waals surface area contributed by atoms with Crippen LogP contribution in [-0.2, 0) is 11.3 Å². The summed E-state index contributed by atoms with van der Waals surface area (Å²) in [5.74, 6) is 0.977. The predicted molar refractivity (Wildman–Crippen MR) is 124 cm³/mol. The van der Waals surface area contributed by atoms with Crippen LogP contribution in [0.2, 0.25) is 0 Å². The smallest absolute Gasteiger partial charge is 0.234 e. The average Bonchev–Trinajstić information content (AvgIpc) is 3.12. The maximum Gasteiger partial charge on any atom is 0.234 e. The highest BCUT2D eigenvalue weighted by Crippen LogP contribution is 2.31. The quantitative estimate of drug-likeness (QED) is 0.368. The van der Waals surface area contributed by atoms with Crippen molar-refractivity contribution in [2.24, 2.45) is 0 Å². The zero-order valence-electron chi connectivity index (χ0n) is 16.9. The third-order valence-electron chi connectivity index (χ3n) is 4.77. The van der Waals surface area contributed by atoms with E-state index in [1.165, 1.54) is 16.5 Å². The molecule has 0 spiro atoms. The van der Waals surface area contributed by atoms with Gasteiger partial charge in [-0.15, -0.1) is 11.8 Å². The van der Waals surface area contributed by atoms with Crippen LogP contribution in [0, 0.1) is 0 Å². The second-order valence-corrected chi connectivity index (χ2v) is 7.91. The van der Waals surface area contributed by atoms with Crippen LogP contribution in [0.5, 0.6) is 5.75 Å². The Hall–Kier alpha value is -3.18. The van der Waals surface area contributed by atoms with Gasteiger partial charge in [-0.3, -0.25) is 4.79 Å². The van der Waals surface area contributed by atoms with Gasteiger partial charge in [0.15, 0.2) is 0 Å². The Morgan fingerprint density at radius 1 is 0.967 bits per heavy atom. The number of amides is 1. The van der Waals surface area contributed by atoms with E-state index in [9.17, 15) is 4.79 Å². The highest BCUT2D eigenvalue weighted by molar-refractivity contribution is 8.00. The Kier molecular flexibility index (Phi) is 6.40. The van der Waals surface area contributed by atoms with Crippen LogP contribution in [0.3, 0.4) is 0 Å². The lowest BCUT2D eigenvalue weighted by molar-refractivity contribution is -0.113. The molecule has 0 saturated heterocycles. The summed E-state index contributed by atoms with van der Waals surface area (Å²) in [5.41, 5.74) is 3.13. The van der Waals surface area contributed by atoms with Crippen molar-refractivity contribution < 1.29 is 9.53 Å². The van der Waals surface area contributed by atoms with Crippen molar-refractivity contribution >= 4 is 34.3 Å². The van der Waals surface area contributed by atoms with Gasteiger partial charge >= 0.3 is 0 Å². The molecule has 0 saturated carbocycles. The number of benzene rings is 3. The van der Waals surface area contributed by atoms with Crippen LogP contribution in [0.1, 0.15) is 12.5 Å². The number of carbonyl (C=O) groups excluding carboxylic acids is 1. The normalized spacial score (nSPS) is 10.8. The van der Waals surface area contributed by atoms with Gasteiger partial charge in [0.1, 0.15) is 5.75 Å². The summed E-state index contributed by atoms with van der Waals surface area (Å²) in [6, 6.07) is 26.2. The fraction of sp³-hybridized carbons (Fsp3) is 0.160. The molecule has 0 fully saturated rings. The molecule has 0 unspecified atom stereocenters. The van der Waals surface area contributed by atoms with Gasteiger partial charge in [0.2, 0.25) is 5.91 Å². The molecule has 0 aliphatic heterocycles. The number of aromatic nitrogens is 1. The van der Waals surface area contributed by atoms with Crippen LogP contribution in [0.25, 0.3) is 10.9 Å². The molecule has 1 aromatic heterocycles. The Labute approximate surface area is 180 Å². The molecule has 0 aliphatic rings. The van der Waals surface area contributed by atoms with Crippen LogP contribution in [-0.4, -0.2) is 22.8 Å². The lowest BCUT2D eigenvalue weighted by Gasteiger charge is -2.11. The number of para-hydroxylation sites is 3. The average molecular weight is 417 g/mol. The van der Waals surface area contributed by atoms with Gasteiger partial charge in [-0.05, 0) is 30.7 Å². The van der Waals surface area contributed by atoms with Crippen molar-refractivity contribution in [3.63, 3.8) is 0 Å². The monoisotopic (exact) mass is 416 g/mol. The van der Waals surface area contributed by atoms with Gasteiger partial charge < -0.3 is 14.6 Å². The van der Waals surface area contributed by atoms with E-state index in [-0.39, 0.29) is 5.91 Å². The molecule has 152 valence electrons. The van der Waals surface area contributed by atoms with Crippen molar-refractivity contribution in [3.05, 3.63) is 90.6 Å². The lowest BCUT2D eigenvalue weighted by atomic mass is 10.2. The summed E-state index contributed by atoms with van der Waals surface area (Å²) in [4.78, 5) is 13.7. The van der Waals surface area contributed by atoms with Crippen molar-refractivity contribution in [1.29, 1.82) is 0 Å². The van der Waals surface area contributed by atoms with Crippen molar-refractivity contribution in [2.45, 2.75) is 18.4 Å². The molecular weight excluding hydrogens is 392 g/mol. The first-order valence-corrected chi connectivity index (χ1v) is 11.0. The molecule has 0 aliphatic carbocycles. The first-order chi connectivity index (χ1) is 14.7. The molecule has 0 radical (unpaired) electrons. The fourth-order valence-corrected chi connectivity index (χ4v) is 4.31. The highest BCUT2D eigenvalue weighted by Gasteiger charge is 2.12. The Morgan fingerprint density at radius 3 is 2.53 bits per heavy atom. The first kappa shape index (κ1) is 20.1. The number of hydrogen-bond donors (Lipinski definition) is 1. The number of nitrogens with one attached hydrogen (secondary N) is 1. The Balaban J connectivity index is 1.48. The SMILES string of the molecule is CCOc1ccccc1NC(=O)CSc1cn(Cc2ccccc2)c2ccccc12. The molecule has 1 heterocycles. The minimum Gasteiger partial charge on any atom is -0.492 e.